The van der Waals surface area contributed by atoms with Crippen LogP contribution in [0.25, 0.3) is 0 Å². The average molecular weight is 231 g/mol. The molecule has 2 fully saturated rings. The Labute approximate surface area is 103 Å². The third kappa shape index (κ3) is 1.73. The summed E-state index contributed by atoms with van der Waals surface area (Å²) in [6.07, 6.45) is 4.61. The van der Waals surface area contributed by atoms with Crippen LogP contribution in [0.4, 0.5) is 5.82 Å². The van der Waals surface area contributed by atoms with Gasteiger partial charge in [0.25, 0.3) is 0 Å². The van der Waals surface area contributed by atoms with E-state index in [0.717, 1.165) is 18.9 Å². The number of anilines is 1. The summed E-state index contributed by atoms with van der Waals surface area (Å²) in [6, 6.07) is 4.66. The fraction of sp³-hybridized carbons (Fsp3) is 0.643. The van der Waals surface area contributed by atoms with Crippen LogP contribution in [0.15, 0.2) is 18.3 Å². The van der Waals surface area contributed by atoms with Gasteiger partial charge in [0.2, 0.25) is 0 Å². The Morgan fingerprint density at radius 2 is 1.94 bits per heavy atom. The molecule has 3 nitrogen and oxygen atoms in total. The lowest BCUT2D eigenvalue weighted by Gasteiger charge is -2.16. The summed E-state index contributed by atoms with van der Waals surface area (Å²) < 4.78 is 0. The molecule has 2 heterocycles. The smallest absolute Gasteiger partial charge is 0.128 e. The Morgan fingerprint density at radius 1 is 1.29 bits per heavy atom. The summed E-state index contributed by atoms with van der Waals surface area (Å²) in [6.45, 7) is 6.77. The first kappa shape index (κ1) is 11.0. The second-order valence-electron chi connectivity index (χ2n) is 5.97. The molecule has 1 aliphatic heterocycles. The zero-order valence-electron chi connectivity index (χ0n) is 10.7. The highest BCUT2D eigenvalue weighted by molar-refractivity contribution is 5.43. The van der Waals surface area contributed by atoms with E-state index in [-0.39, 0.29) is 5.41 Å². The highest BCUT2D eigenvalue weighted by Crippen LogP contribution is 2.57. The van der Waals surface area contributed by atoms with E-state index in [9.17, 15) is 0 Å². The van der Waals surface area contributed by atoms with Crippen LogP contribution in [0.2, 0.25) is 0 Å². The molecule has 2 N–H and O–H groups in total. The molecule has 1 aromatic heterocycles. The molecule has 0 radical (unpaired) electrons. The molecule has 92 valence electrons. The van der Waals surface area contributed by atoms with E-state index in [1.165, 1.54) is 18.4 Å². The van der Waals surface area contributed by atoms with Crippen LogP contribution in [0.3, 0.4) is 0 Å². The van der Waals surface area contributed by atoms with Crippen LogP contribution < -0.4 is 10.6 Å². The number of aromatic nitrogens is 1. The Bertz CT molecular complexity index is 404. The number of hydrogen-bond donors (Lipinski definition) is 1. The van der Waals surface area contributed by atoms with Gasteiger partial charge in [0, 0.05) is 31.2 Å². The van der Waals surface area contributed by atoms with Gasteiger partial charge in [-0.15, -0.1) is 0 Å². The van der Waals surface area contributed by atoms with Gasteiger partial charge in [0.1, 0.15) is 5.82 Å². The Balaban J connectivity index is 1.77. The van der Waals surface area contributed by atoms with Crippen LogP contribution in [-0.2, 0) is 0 Å². The lowest BCUT2D eigenvalue weighted by molar-refractivity contribution is 0.598. The maximum Gasteiger partial charge on any atom is 0.128 e. The van der Waals surface area contributed by atoms with Gasteiger partial charge in [-0.05, 0) is 29.9 Å². The molecule has 0 unspecified atom stereocenters. The van der Waals surface area contributed by atoms with Gasteiger partial charge in [-0.2, -0.15) is 0 Å². The summed E-state index contributed by atoms with van der Waals surface area (Å²) >= 11 is 0. The third-order valence-electron chi connectivity index (χ3n) is 4.47. The molecule has 3 rings (SSSR count). The highest BCUT2D eigenvalue weighted by atomic mass is 15.2. The molecule has 0 bridgehead atoms. The Hall–Kier alpha value is -1.09. The molecule has 0 aromatic carbocycles. The van der Waals surface area contributed by atoms with Crippen molar-refractivity contribution >= 4 is 5.82 Å². The van der Waals surface area contributed by atoms with Crippen molar-refractivity contribution in [1.29, 1.82) is 0 Å². The molecule has 1 saturated heterocycles. The van der Waals surface area contributed by atoms with Gasteiger partial charge in [0.15, 0.2) is 0 Å². The minimum atomic E-state index is 0.247. The fourth-order valence-corrected chi connectivity index (χ4v) is 3.03. The van der Waals surface area contributed by atoms with Crippen LogP contribution in [-0.4, -0.2) is 24.1 Å². The van der Waals surface area contributed by atoms with E-state index in [1.54, 1.807) is 0 Å². The monoisotopic (exact) mass is 231 g/mol. The third-order valence-corrected chi connectivity index (χ3v) is 4.47. The molecule has 1 aliphatic carbocycles. The first-order valence-electron chi connectivity index (χ1n) is 6.57. The molecule has 0 spiro atoms. The number of pyridine rings is 1. The lowest BCUT2D eigenvalue weighted by atomic mass is 10.1. The summed E-state index contributed by atoms with van der Waals surface area (Å²) in [4.78, 5) is 6.96. The summed E-state index contributed by atoms with van der Waals surface area (Å²) in [7, 11) is 0. The van der Waals surface area contributed by atoms with Gasteiger partial charge in [-0.1, -0.05) is 19.9 Å². The predicted octanol–water partition coefficient (Wildman–Crippen LogP) is 2.13. The van der Waals surface area contributed by atoms with Crippen LogP contribution in [0.1, 0.15) is 38.2 Å². The SMILES string of the molecule is CC1(C)[C@H](N)[C@H]1c1ccc(N2CCCC2)nc1. The summed E-state index contributed by atoms with van der Waals surface area (Å²) in [5.74, 6) is 1.61. The zero-order chi connectivity index (χ0) is 12.0. The number of hydrogen-bond acceptors (Lipinski definition) is 3. The molecule has 1 aromatic rings. The van der Waals surface area contributed by atoms with Gasteiger partial charge in [-0.3, -0.25) is 0 Å². The van der Waals surface area contributed by atoms with Gasteiger partial charge < -0.3 is 10.6 Å². The zero-order valence-corrected chi connectivity index (χ0v) is 10.7. The van der Waals surface area contributed by atoms with Crippen molar-refractivity contribution in [3.05, 3.63) is 23.9 Å². The minimum Gasteiger partial charge on any atom is -0.357 e. The summed E-state index contributed by atoms with van der Waals surface area (Å²) in [5.41, 5.74) is 7.64. The van der Waals surface area contributed by atoms with Crippen molar-refractivity contribution in [3.8, 4) is 0 Å². The quantitative estimate of drug-likeness (QED) is 0.848. The topological polar surface area (TPSA) is 42.1 Å². The molecule has 0 amide bonds. The maximum atomic E-state index is 6.10. The van der Waals surface area contributed by atoms with E-state index >= 15 is 0 Å². The second kappa shape index (κ2) is 3.70. The average Bonchev–Trinajstić information content (AvgIpc) is 2.77. The number of nitrogens with zero attached hydrogens (tertiary/aromatic N) is 2. The van der Waals surface area contributed by atoms with Crippen molar-refractivity contribution in [3.63, 3.8) is 0 Å². The molecule has 2 atom stereocenters. The number of nitrogens with two attached hydrogens (primary N) is 1. The highest BCUT2D eigenvalue weighted by Gasteiger charge is 2.56. The van der Waals surface area contributed by atoms with Crippen molar-refractivity contribution < 1.29 is 0 Å². The molecular formula is C14H21N3. The van der Waals surface area contributed by atoms with E-state index < -0.39 is 0 Å². The Morgan fingerprint density at radius 3 is 2.41 bits per heavy atom. The molecule has 17 heavy (non-hydrogen) atoms. The van der Waals surface area contributed by atoms with Crippen molar-refractivity contribution in [2.45, 2.75) is 38.6 Å². The van der Waals surface area contributed by atoms with Crippen LogP contribution >= 0.6 is 0 Å². The van der Waals surface area contributed by atoms with Crippen molar-refractivity contribution in [2.75, 3.05) is 18.0 Å². The minimum absolute atomic E-state index is 0.247. The fourth-order valence-electron chi connectivity index (χ4n) is 3.03. The van der Waals surface area contributed by atoms with Gasteiger partial charge >= 0.3 is 0 Å². The lowest BCUT2D eigenvalue weighted by Crippen LogP contribution is -2.18. The van der Waals surface area contributed by atoms with E-state index in [4.69, 9.17) is 5.73 Å². The van der Waals surface area contributed by atoms with Crippen LogP contribution in [0, 0.1) is 5.41 Å². The first-order chi connectivity index (χ1) is 8.10. The number of rotatable bonds is 2. The molecular weight excluding hydrogens is 210 g/mol. The van der Waals surface area contributed by atoms with Crippen LogP contribution in [0.5, 0.6) is 0 Å². The van der Waals surface area contributed by atoms with E-state index in [1.807, 2.05) is 6.20 Å². The largest absolute Gasteiger partial charge is 0.357 e. The molecule has 3 heteroatoms. The second-order valence-corrected chi connectivity index (χ2v) is 5.97. The van der Waals surface area contributed by atoms with Gasteiger partial charge in [-0.25, -0.2) is 4.98 Å². The Kier molecular flexibility index (Phi) is 2.40. The maximum absolute atomic E-state index is 6.10. The van der Waals surface area contributed by atoms with Crippen molar-refractivity contribution in [2.24, 2.45) is 11.1 Å². The summed E-state index contributed by atoms with van der Waals surface area (Å²) in [5, 5.41) is 0. The van der Waals surface area contributed by atoms with E-state index in [0.29, 0.717) is 12.0 Å². The molecule has 2 aliphatic rings. The first-order valence-corrected chi connectivity index (χ1v) is 6.57. The predicted molar refractivity (Wildman–Crippen MR) is 70.2 cm³/mol. The van der Waals surface area contributed by atoms with Gasteiger partial charge in [0.05, 0.1) is 0 Å². The van der Waals surface area contributed by atoms with E-state index in [2.05, 4.69) is 35.9 Å². The normalized spacial score (nSPS) is 30.6. The molecule has 1 saturated carbocycles. The van der Waals surface area contributed by atoms with Crippen molar-refractivity contribution in [1.82, 2.24) is 4.98 Å². The standard InChI is InChI=1S/C14H21N3/c1-14(2)12(13(14)15)10-5-6-11(16-9-10)17-7-3-4-8-17/h5-6,9,12-13H,3-4,7-8,15H2,1-2H3/t12-,13-/m1/s1.